The Balaban J connectivity index is 1.54. The highest BCUT2D eigenvalue weighted by atomic mass is 19.1. The molecule has 1 aromatic carbocycles. The van der Waals surface area contributed by atoms with E-state index in [1.54, 1.807) is 35.0 Å². The van der Waals surface area contributed by atoms with E-state index in [0.717, 1.165) is 13.0 Å². The van der Waals surface area contributed by atoms with Crippen molar-refractivity contribution in [2.45, 2.75) is 25.0 Å². The molecular formula is C17H23FN4O2. The van der Waals surface area contributed by atoms with E-state index >= 15 is 0 Å². The maximum atomic E-state index is 13.7. The fraction of sp³-hybridized carbons (Fsp3) is 0.529. The number of halogens is 1. The molecular weight excluding hydrogens is 311 g/mol. The summed E-state index contributed by atoms with van der Waals surface area (Å²) < 4.78 is 13.7. The Labute approximate surface area is 141 Å². The number of fused-ring (bicyclic) bond motifs is 1. The fourth-order valence-electron chi connectivity index (χ4n) is 3.45. The first-order chi connectivity index (χ1) is 11.5. The number of piperidine rings is 1. The van der Waals surface area contributed by atoms with Crippen LogP contribution in [0.3, 0.4) is 0 Å². The Morgan fingerprint density at radius 2 is 2.17 bits per heavy atom. The Morgan fingerprint density at radius 3 is 2.92 bits per heavy atom. The second kappa shape index (κ2) is 6.76. The summed E-state index contributed by atoms with van der Waals surface area (Å²) in [7, 11) is 3.50. The van der Waals surface area contributed by atoms with Crippen molar-refractivity contribution in [2.75, 3.05) is 33.7 Å². The average molecular weight is 334 g/mol. The van der Waals surface area contributed by atoms with Crippen LogP contribution in [0.15, 0.2) is 24.3 Å². The molecule has 7 heteroatoms. The number of carbonyl (C=O) groups excluding carboxylic acids is 2. The van der Waals surface area contributed by atoms with Gasteiger partial charge in [0.15, 0.2) is 0 Å². The normalized spacial score (nSPS) is 23.8. The van der Waals surface area contributed by atoms with Crippen molar-refractivity contribution in [1.82, 2.24) is 20.0 Å². The van der Waals surface area contributed by atoms with E-state index < -0.39 is 0 Å². The van der Waals surface area contributed by atoms with E-state index in [9.17, 15) is 14.0 Å². The van der Waals surface area contributed by atoms with Crippen molar-refractivity contribution < 1.29 is 14.0 Å². The highest BCUT2D eigenvalue weighted by molar-refractivity contribution is 5.79. The molecule has 2 heterocycles. The Hall–Kier alpha value is -2.15. The summed E-state index contributed by atoms with van der Waals surface area (Å²) >= 11 is 0. The molecule has 6 nitrogen and oxygen atoms in total. The SMILES string of the molecule is CN(Cc1ccccc1F)C(=O)CN1CC[C@H]2[C@@H](C1)NC(=O)N2C. The smallest absolute Gasteiger partial charge is 0.317 e. The molecule has 0 spiro atoms. The third-order valence-electron chi connectivity index (χ3n) is 4.94. The average Bonchev–Trinajstić information content (AvgIpc) is 2.83. The maximum absolute atomic E-state index is 13.7. The van der Waals surface area contributed by atoms with E-state index in [4.69, 9.17) is 0 Å². The lowest BCUT2D eigenvalue weighted by Gasteiger charge is -2.36. The van der Waals surface area contributed by atoms with Gasteiger partial charge < -0.3 is 15.1 Å². The molecule has 0 aromatic heterocycles. The minimum Gasteiger partial charge on any atom is -0.340 e. The van der Waals surface area contributed by atoms with Crippen LogP contribution in [0.4, 0.5) is 9.18 Å². The summed E-state index contributed by atoms with van der Waals surface area (Å²) in [6.07, 6.45) is 0.851. The fourth-order valence-corrected chi connectivity index (χ4v) is 3.45. The highest BCUT2D eigenvalue weighted by Gasteiger charge is 2.40. The molecule has 0 unspecified atom stereocenters. The van der Waals surface area contributed by atoms with Gasteiger partial charge in [0.05, 0.1) is 18.6 Å². The van der Waals surface area contributed by atoms with Crippen molar-refractivity contribution >= 4 is 11.9 Å². The van der Waals surface area contributed by atoms with Crippen LogP contribution in [0.1, 0.15) is 12.0 Å². The van der Waals surface area contributed by atoms with E-state index in [2.05, 4.69) is 10.2 Å². The second-order valence-electron chi connectivity index (χ2n) is 6.60. The number of carbonyl (C=O) groups is 2. The van der Waals surface area contributed by atoms with Crippen LogP contribution in [0.25, 0.3) is 0 Å². The van der Waals surface area contributed by atoms with Gasteiger partial charge in [-0.1, -0.05) is 18.2 Å². The van der Waals surface area contributed by atoms with Crippen molar-refractivity contribution in [3.05, 3.63) is 35.6 Å². The lowest BCUT2D eigenvalue weighted by molar-refractivity contribution is -0.132. The number of nitrogens with one attached hydrogen (secondary N) is 1. The van der Waals surface area contributed by atoms with Crippen LogP contribution in [0.2, 0.25) is 0 Å². The monoisotopic (exact) mass is 334 g/mol. The van der Waals surface area contributed by atoms with Gasteiger partial charge in [0.25, 0.3) is 0 Å². The number of hydrogen-bond acceptors (Lipinski definition) is 3. The Bertz CT molecular complexity index is 639. The lowest BCUT2D eigenvalue weighted by Crippen LogP contribution is -2.52. The number of nitrogens with zero attached hydrogens (tertiary/aromatic N) is 3. The molecule has 130 valence electrons. The van der Waals surface area contributed by atoms with Gasteiger partial charge in [-0.3, -0.25) is 9.69 Å². The van der Waals surface area contributed by atoms with Gasteiger partial charge in [0.2, 0.25) is 5.91 Å². The second-order valence-corrected chi connectivity index (χ2v) is 6.60. The first-order valence-electron chi connectivity index (χ1n) is 8.18. The van der Waals surface area contributed by atoms with Gasteiger partial charge in [0, 0.05) is 39.3 Å². The molecule has 2 saturated heterocycles. The molecule has 2 aliphatic rings. The number of amides is 3. The summed E-state index contributed by atoms with van der Waals surface area (Å²) in [6.45, 7) is 1.98. The molecule has 0 bridgehead atoms. The predicted molar refractivity (Wildman–Crippen MR) is 87.8 cm³/mol. The molecule has 2 aliphatic heterocycles. The number of hydrogen-bond donors (Lipinski definition) is 1. The van der Waals surface area contributed by atoms with Crippen LogP contribution in [-0.2, 0) is 11.3 Å². The van der Waals surface area contributed by atoms with E-state index in [1.807, 2.05) is 7.05 Å². The Kier molecular flexibility index (Phi) is 4.71. The van der Waals surface area contributed by atoms with Gasteiger partial charge in [-0.15, -0.1) is 0 Å². The van der Waals surface area contributed by atoms with Crippen molar-refractivity contribution in [1.29, 1.82) is 0 Å². The largest absolute Gasteiger partial charge is 0.340 e. The summed E-state index contributed by atoms with van der Waals surface area (Å²) in [5.41, 5.74) is 0.511. The summed E-state index contributed by atoms with van der Waals surface area (Å²) in [5, 5.41) is 2.96. The highest BCUT2D eigenvalue weighted by Crippen LogP contribution is 2.21. The molecule has 1 aromatic rings. The molecule has 0 radical (unpaired) electrons. The third kappa shape index (κ3) is 3.36. The Morgan fingerprint density at radius 1 is 1.42 bits per heavy atom. The zero-order valence-corrected chi connectivity index (χ0v) is 14.0. The molecule has 0 saturated carbocycles. The van der Waals surface area contributed by atoms with Crippen LogP contribution < -0.4 is 5.32 Å². The standard InChI is InChI=1S/C17H23FN4O2/c1-20(9-12-5-3-4-6-13(12)18)16(23)11-22-8-7-15-14(10-22)19-17(24)21(15)2/h3-6,14-15H,7-11H2,1-2H3,(H,19,24)/t14-,15+/m1/s1. The number of rotatable bonds is 4. The molecule has 1 N–H and O–H groups in total. The van der Waals surface area contributed by atoms with Gasteiger partial charge in [-0.25, -0.2) is 9.18 Å². The minimum absolute atomic E-state index is 0.0464. The summed E-state index contributed by atoms with van der Waals surface area (Å²) in [4.78, 5) is 29.5. The number of benzene rings is 1. The van der Waals surface area contributed by atoms with Crippen LogP contribution in [-0.4, -0.2) is 72.5 Å². The number of likely N-dealkylation sites (N-methyl/N-ethyl adjacent to an activating group) is 2. The van der Waals surface area contributed by atoms with Crippen molar-refractivity contribution in [2.24, 2.45) is 0 Å². The molecule has 3 rings (SSSR count). The topological polar surface area (TPSA) is 55.9 Å². The maximum Gasteiger partial charge on any atom is 0.317 e. The van der Waals surface area contributed by atoms with Gasteiger partial charge in [0.1, 0.15) is 5.82 Å². The van der Waals surface area contributed by atoms with E-state index in [1.165, 1.54) is 6.07 Å². The van der Waals surface area contributed by atoms with Crippen LogP contribution in [0, 0.1) is 5.82 Å². The first kappa shape index (κ1) is 16.7. The zero-order chi connectivity index (χ0) is 17.3. The van der Waals surface area contributed by atoms with E-state index in [0.29, 0.717) is 12.1 Å². The number of likely N-dealkylation sites (tertiary alicyclic amines) is 1. The minimum atomic E-state index is -0.297. The predicted octanol–water partition coefficient (Wildman–Crippen LogP) is 0.882. The molecule has 0 aliphatic carbocycles. The summed E-state index contributed by atoms with van der Waals surface area (Å²) in [6, 6.07) is 6.72. The molecule has 2 fully saturated rings. The zero-order valence-electron chi connectivity index (χ0n) is 14.0. The number of urea groups is 1. The van der Waals surface area contributed by atoms with Gasteiger partial charge in [-0.2, -0.15) is 0 Å². The lowest BCUT2D eigenvalue weighted by atomic mass is 10.0. The van der Waals surface area contributed by atoms with Gasteiger partial charge >= 0.3 is 6.03 Å². The first-order valence-corrected chi connectivity index (χ1v) is 8.18. The molecule has 24 heavy (non-hydrogen) atoms. The molecule has 2 atom stereocenters. The van der Waals surface area contributed by atoms with E-state index in [-0.39, 0.29) is 42.9 Å². The van der Waals surface area contributed by atoms with Crippen molar-refractivity contribution in [3.63, 3.8) is 0 Å². The van der Waals surface area contributed by atoms with Crippen molar-refractivity contribution in [3.8, 4) is 0 Å². The molecule has 3 amide bonds. The third-order valence-corrected chi connectivity index (χ3v) is 4.94. The quantitative estimate of drug-likeness (QED) is 0.889. The summed E-state index contributed by atoms with van der Waals surface area (Å²) in [5.74, 6) is -0.343. The van der Waals surface area contributed by atoms with Crippen LogP contribution >= 0.6 is 0 Å². The van der Waals surface area contributed by atoms with Gasteiger partial charge in [-0.05, 0) is 12.5 Å². The van der Waals surface area contributed by atoms with Crippen LogP contribution in [0.5, 0.6) is 0 Å².